The maximum absolute atomic E-state index is 10.5. The SMILES string of the molecule is CCCc1cccc(C(O)C(CCC)CCC)c1. The second-order valence-corrected chi connectivity index (χ2v) is 5.28. The normalized spacial score (nSPS) is 12.9. The Hall–Kier alpha value is -0.820. The Morgan fingerprint density at radius 1 is 1.00 bits per heavy atom. The zero-order valence-electron chi connectivity index (χ0n) is 12.2. The minimum atomic E-state index is -0.290. The van der Waals surface area contributed by atoms with Crippen molar-refractivity contribution in [2.75, 3.05) is 0 Å². The summed E-state index contributed by atoms with van der Waals surface area (Å²) < 4.78 is 0. The molecule has 0 aromatic heterocycles. The van der Waals surface area contributed by atoms with Crippen LogP contribution in [0.5, 0.6) is 0 Å². The van der Waals surface area contributed by atoms with Gasteiger partial charge in [0.15, 0.2) is 0 Å². The Kier molecular flexibility index (Phi) is 7.04. The van der Waals surface area contributed by atoms with E-state index in [0.29, 0.717) is 5.92 Å². The molecule has 0 aliphatic heterocycles. The van der Waals surface area contributed by atoms with Crippen molar-refractivity contribution >= 4 is 0 Å². The fourth-order valence-electron chi connectivity index (χ4n) is 2.70. The average molecular weight is 248 g/mol. The van der Waals surface area contributed by atoms with Crippen molar-refractivity contribution in [2.45, 2.75) is 65.4 Å². The van der Waals surface area contributed by atoms with Gasteiger partial charge in [0.2, 0.25) is 0 Å². The summed E-state index contributed by atoms with van der Waals surface area (Å²) >= 11 is 0. The number of benzene rings is 1. The lowest BCUT2D eigenvalue weighted by molar-refractivity contribution is 0.0964. The molecule has 1 aromatic carbocycles. The molecular weight excluding hydrogens is 220 g/mol. The molecule has 0 aliphatic rings. The molecule has 1 rings (SSSR count). The van der Waals surface area contributed by atoms with E-state index >= 15 is 0 Å². The van der Waals surface area contributed by atoms with Gasteiger partial charge in [0, 0.05) is 0 Å². The van der Waals surface area contributed by atoms with E-state index < -0.39 is 0 Å². The quantitative estimate of drug-likeness (QED) is 0.694. The minimum absolute atomic E-state index is 0.290. The smallest absolute Gasteiger partial charge is 0.0818 e. The lowest BCUT2D eigenvalue weighted by atomic mass is 9.87. The topological polar surface area (TPSA) is 20.2 Å². The lowest BCUT2D eigenvalue weighted by Crippen LogP contribution is -2.12. The molecule has 1 aromatic rings. The molecule has 18 heavy (non-hydrogen) atoms. The van der Waals surface area contributed by atoms with Crippen LogP contribution in [0.2, 0.25) is 0 Å². The third kappa shape index (κ3) is 4.45. The van der Waals surface area contributed by atoms with Gasteiger partial charge in [-0.2, -0.15) is 0 Å². The molecule has 0 amide bonds. The minimum Gasteiger partial charge on any atom is -0.388 e. The monoisotopic (exact) mass is 248 g/mol. The highest BCUT2D eigenvalue weighted by molar-refractivity contribution is 5.25. The summed E-state index contributed by atoms with van der Waals surface area (Å²) in [5, 5.41) is 10.5. The molecule has 1 unspecified atom stereocenters. The van der Waals surface area contributed by atoms with Gasteiger partial charge in [-0.05, 0) is 36.3 Å². The van der Waals surface area contributed by atoms with E-state index in [0.717, 1.165) is 44.1 Å². The maximum Gasteiger partial charge on any atom is 0.0818 e. The predicted molar refractivity (Wildman–Crippen MR) is 78.7 cm³/mol. The Morgan fingerprint density at radius 3 is 2.22 bits per heavy atom. The molecule has 1 atom stereocenters. The Balaban J connectivity index is 2.79. The van der Waals surface area contributed by atoms with Crippen molar-refractivity contribution in [1.82, 2.24) is 0 Å². The summed E-state index contributed by atoms with van der Waals surface area (Å²) in [7, 11) is 0. The summed E-state index contributed by atoms with van der Waals surface area (Å²) in [6.45, 7) is 6.59. The summed E-state index contributed by atoms with van der Waals surface area (Å²) in [5.74, 6) is 0.414. The highest BCUT2D eigenvalue weighted by atomic mass is 16.3. The van der Waals surface area contributed by atoms with E-state index in [9.17, 15) is 5.11 Å². The number of aryl methyl sites for hydroxylation is 1. The van der Waals surface area contributed by atoms with E-state index in [1.54, 1.807) is 0 Å². The summed E-state index contributed by atoms with van der Waals surface area (Å²) in [5.41, 5.74) is 2.45. The molecule has 0 radical (unpaired) electrons. The van der Waals surface area contributed by atoms with Gasteiger partial charge in [-0.25, -0.2) is 0 Å². The highest BCUT2D eigenvalue weighted by Gasteiger charge is 2.19. The van der Waals surface area contributed by atoms with Crippen LogP contribution in [-0.4, -0.2) is 5.11 Å². The predicted octanol–water partition coefficient (Wildman–Crippen LogP) is 4.89. The molecule has 0 fully saturated rings. The van der Waals surface area contributed by atoms with E-state index in [4.69, 9.17) is 0 Å². The van der Waals surface area contributed by atoms with Crippen LogP contribution in [0.1, 0.15) is 70.1 Å². The summed E-state index contributed by atoms with van der Waals surface area (Å²) in [4.78, 5) is 0. The first kappa shape index (κ1) is 15.2. The van der Waals surface area contributed by atoms with Crippen LogP contribution in [0, 0.1) is 5.92 Å². The van der Waals surface area contributed by atoms with Crippen LogP contribution in [-0.2, 0) is 6.42 Å². The van der Waals surface area contributed by atoms with Crippen LogP contribution < -0.4 is 0 Å². The van der Waals surface area contributed by atoms with Crippen molar-refractivity contribution in [3.05, 3.63) is 35.4 Å². The zero-order valence-corrected chi connectivity index (χ0v) is 12.2. The van der Waals surface area contributed by atoms with Crippen LogP contribution in [0.3, 0.4) is 0 Å². The van der Waals surface area contributed by atoms with Gasteiger partial charge in [-0.1, -0.05) is 64.3 Å². The molecule has 0 aliphatic carbocycles. The zero-order chi connectivity index (χ0) is 13.4. The van der Waals surface area contributed by atoms with Crippen molar-refractivity contribution in [2.24, 2.45) is 5.92 Å². The number of aliphatic hydroxyl groups is 1. The first-order valence-electron chi connectivity index (χ1n) is 7.49. The Bertz CT molecular complexity index is 326. The first-order valence-corrected chi connectivity index (χ1v) is 7.49. The number of rotatable bonds is 8. The van der Waals surface area contributed by atoms with Gasteiger partial charge >= 0.3 is 0 Å². The number of aliphatic hydroxyl groups excluding tert-OH is 1. The van der Waals surface area contributed by atoms with Gasteiger partial charge in [0.05, 0.1) is 6.10 Å². The molecule has 0 heterocycles. The molecule has 0 spiro atoms. The molecule has 102 valence electrons. The van der Waals surface area contributed by atoms with Gasteiger partial charge in [0.1, 0.15) is 0 Å². The van der Waals surface area contributed by atoms with Crippen LogP contribution in [0.15, 0.2) is 24.3 Å². The molecule has 0 saturated carbocycles. The molecule has 1 heteroatoms. The molecule has 0 bridgehead atoms. The fourth-order valence-corrected chi connectivity index (χ4v) is 2.70. The number of hydrogen-bond acceptors (Lipinski definition) is 1. The van der Waals surface area contributed by atoms with Crippen LogP contribution in [0.25, 0.3) is 0 Å². The Morgan fingerprint density at radius 2 is 1.67 bits per heavy atom. The average Bonchev–Trinajstić information content (AvgIpc) is 2.38. The molecule has 1 nitrogen and oxygen atoms in total. The summed E-state index contributed by atoms with van der Waals surface area (Å²) in [6.07, 6.45) is 6.51. The molecule has 1 N–H and O–H groups in total. The van der Waals surface area contributed by atoms with Crippen molar-refractivity contribution in [1.29, 1.82) is 0 Å². The van der Waals surface area contributed by atoms with Gasteiger partial charge in [0.25, 0.3) is 0 Å². The Labute approximate surface area is 112 Å². The second kappa shape index (κ2) is 8.31. The highest BCUT2D eigenvalue weighted by Crippen LogP contribution is 2.30. The lowest BCUT2D eigenvalue weighted by Gasteiger charge is -2.23. The van der Waals surface area contributed by atoms with Crippen LogP contribution >= 0.6 is 0 Å². The van der Waals surface area contributed by atoms with Gasteiger partial charge in [-0.15, -0.1) is 0 Å². The fraction of sp³-hybridized carbons (Fsp3) is 0.647. The largest absolute Gasteiger partial charge is 0.388 e. The van der Waals surface area contributed by atoms with E-state index in [-0.39, 0.29) is 6.10 Å². The maximum atomic E-state index is 10.5. The van der Waals surface area contributed by atoms with E-state index in [1.807, 2.05) is 0 Å². The third-order valence-corrected chi connectivity index (χ3v) is 3.60. The van der Waals surface area contributed by atoms with Gasteiger partial charge in [-0.3, -0.25) is 0 Å². The van der Waals surface area contributed by atoms with E-state index in [2.05, 4.69) is 45.0 Å². The number of hydrogen-bond donors (Lipinski definition) is 1. The van der Waals surface area contributed by atoms with Gasteiger partial charge < -0.3 is 5.11 Å². The summed E-state index contributed by atoms with van der Waals surface area (Å²) in [6, 6.07) is 8.50. The van der Waals surface area contributed by atoms with Crippen molar-refractivity contribution < 1.29 is 5.11 Å². The molecule has 0 saturated heterocycles. The standard InChI is InChI=1S/C17H28O/c1-4-8-14-11-7-12-16(13-14)17(18)15(9-5-2)10-6-3/h7,11-13,15,17-18H,4-6,8-10H2,1-3H3. The second-order valence-electron chi connectivity index (χ2n) is 5.28. The van der Waals surface area contributed by atoms with Crippen LogP contribution in [0.4, 0.5) is 0 Å². The first-order chi connectivity index (χ1) is 8.72. The third-order valence-electron chi connectivity index (χ3n) is 3.60. The molecular formula is C17H28O. The van der Waals surface area contributed by atoms with Crippen molar-refractivity contribution in [3.8, 4) is 0 Å². The van der Waals surface area contributed by atoms with Crippen molar-refractivity contribution in [3.63, 3.8) is 0 Å². The van der Waals surface area contributed by atoms with E-state index in [1.165, 1.54) is 5.56 Å².